The highest BCUT2D eigenvalue weighted by Crippen LogP contribution is 2.43. The summed E-state index contributed by atoms with van der Waals surface area (Å²) in [4.78, 5) is 34.9. The lowest BCUT2D eigenvalue weighted by molar-refractivity contribution is -0.138. The van der Waals surface area contributed by atoms with Crippen molar-refractivity contribution in [2.45, 2.75) is 44.4 Å². The summed E-state index contributed by atoms with van der Waals surface area (Å²) in [6.45, 7) is 3.89. The van der Waals surface area contributed by atoms with E-state index in [4.69, 9.17) is 0 Å². The van der Waals surface area contributed by atoms with E-state index in [2.05, 4.69) is 17.1 Å². The Kier molecular flexibility index (Phi) is 6.54. The number of pyridine rings is 1. The zero-order chi connectivity index (χ0) is 24.4. The number of amides is 2. The summed E-state index contributed by atoms with van der Waals surface area (Å²) in [7, 11) is 0. The lowest BCUT2D eigenvalue weighted by atomic mass is 9.77. The van der Waals surface area contributed by atoms with Crippen molar-refractivity contribution in [1.29, 1.82) is 0 Å². The lowest BCUT2D eigenvalue weighted by Gasteiger charge is -2.35. The highest BCUT2D eigenvalue weighted by Gasteiger charge is 2.45. The number of rotatable bonds is 4. The van der Waals surface area contributed by atoms with Crippen LogP contribution in [0, 0.1) is 11.7 Å². The molecule has 2 heterocycles. The minimum Gasteiger partial charge on any atom is -0.341 e. The molecule has 2 aromatic carbocycles. The van der Waals surface area contributed by atoms with Gasteiger partial charge in [0.1, 0.15) is 5.82 Å². The van der Waals surface area contributed by atoms with Crippen LogP contribution in [0.1, 0.15) is 43.7 Å². The fourth-order valence-corrected chi connectivity index (χ4v) is 6.04. The van der Waals surface area contributed by atoms with E-state index in [1.54, 1.807) is 25.3 Å². The predicted molar refractivity (Wildman–Crippen MR) is 134 cm³/mol. The molecule has 0 bridgehead atoms. The number of hydrogen-bond donors (Lipinski definition) is 0. The first-order chi connectivity index (χ1) is 17.0. The van der Waals surface area contributed by atoms with E-state index >= 15 is 0 Å². The summed E-state index contributed by atoms with van der Waals surface area (Å²) < 4.78 is 13.7. The van der Waals surface area contributed by atoms with Crippen LogP contribution in [-0.2, 0) is 21.4 Å². The molecule has 2 amide bonds. The monoisotopic (exact) mass is 473 g/mol. The third-order valence-electron chi connectivity index (χ3n) is 7.84. The maximum atomic E-state index is 14.2. The van der Waals surface area contributed by atoms with E-state index in [1.165, 1.54) is 17.7 Å². The molecule has 0 radical (unpaired) electrons. The summed E-state index contributed by atoms with van der Waals surface area (Å²) in [5.74, 6) is -0.0108. The highest BCUT2D eigenvalue weighted by atomic mass is 19.1. The Morgan fingerprint density at radius 2 is 1.69 bits per heavy atom. The van der Waals surface area contributed by atoms with Crippen molar-refractivity contribution in [3.8, 4) is 0 Å². The van der Waals surface area contributed by atoms with Gasteiger partial charge in [0, 0.05) is 44.7 Å². The number of fused-ring (bicyclic) bond motifs is 1. The maximum Gasteiger partial charge on any atom is 0.233 e. The van der Waals surface area contributed by atoms with Gasteiger partial charge in [0.2, 0.25) is 11.8 Å². The third-order valence-corrected chi connectivity index (χ3v) is 7.84. The van der Waals surface area contributed by atoms with Crippen LogP contribution in [0.2, 0.25) is 0 Å². The van der Waals surface area contributed by atoms with Crippen molar-refractivity contribution in [3.05, 3.63) is 77.7 Å². The number of aromatic nitrogens is 1. The topological polar surface area (TPSA) is 53.5 Å². The molecule has 1 aromatic heterocycles. The average Bonchev–Trinajstić information content (AvgIpc) is 3.27. The summed E-state index contributed by atoms with van der Waals surface area (Å²) in [5, 5.41) is 1.12. The quantitative estimate of drug-likeness (QED) is 0.550. The van der Waals surface area contributed by atoms with Crippen molar-refractivity contribution in [3.63, 3.8) is 0 Å². The Hall–Kier alpha value is -3.28. The Balaban J connectivity index is 1.45. The molecule has 0 spiro atoms. The standard InChI is InChI=1S/C29H32FN3O2/c1-21(34)32-16-17-33(28(35)29(13-2-3-14-29)24-9-11-25(30)12-10-24)20-22(19-32)18-23-6-4-8-27-26(23)7-5-15-31-27/h4-12,15,22H,2-3,13-14,16-20H2,1H3. The average molecular weight is 474 g/mol. The van der Waals surface area contributed by atoms with Gasteiger partial charge in [0.25, 0.3) is 0 Å². The van der Waals surface area contributed by atoms with Crippen LogP contribution >= 0.6 is 0 Å². The van der Waals surface area contributed by atoms with Crippen molar-refractivity contribution in [2.24, 2.45) is 5.92 Å². The molecular weight excluding hydrogens is 441 g/mol. The Morgan fingerprint density at radius 3 is 2.43 bits per heavy atom. The van der Waals surface area contributed by atoms with Gasteiger partial charge in [-0.15, -0.1) is 0 Å². The largest absolute Gasteiger partial charge is 0.341 e. The molecule has 1 saturated carbocycles. The Bertz CT molecular complexity index is 1210. The first-order valence-electron chi connectivity index (χ1n) is 12.6. The fraction of sp³-hybridized carbons (Fsp3) is 0.414. The molecular formula is C29H32FN3O2. The normalized spacial score (nSPS) is 20.1. The summed E-state index contributed by atoms with van der Waals surface area (Å²) >= 11 is 0. The second kappa shape index (κ2) is 9.76. The number of halogens is 1. The molecule has 1 saturated heterocycles. The van der Waals surface area contributed by atoms with E-state index in [1.807, 2.05) is 28.0 Å². The summed E-state index contributed by atoms with van der Waals surface area (Å²) in [5.41, 5.74) is 2.45. The molecule has 6 heteroatoms. The van der Waals surface area contributed by atoms with Gasteiger partial charge in [-0.05, 0) is 60.6 Å². The fourth-order valence-electron chi connectivity index (χ4n) is 6.04. The molecule has 1 aliphatic carbocycles. The zero-order valence-electron chi connectivity index (χ0n) is 20.3. The van der Waals surface area contributed by atoms with Gasteiger partial charge in [-0.3, -0.25) is 14.6 Å². The molecule has 182 valence electrons. The summed E-state index contributed by atoms with van der Waals surface area (Å²) in [6, 6.07) is 16.7. The van der Waals surface area contributed by atoms with E-state index in [0.29, 0.717) is 26.2 Å². The third kappa shape index (κ3) is 4.66. The molecule has 0 N–H and O–H groups in total. The summed E-state index contributed by atoms with van der Waals surface area (Å²) in [6.07, 6.45) is 6.10. The van der Waals surface area contributed by atoms with Crippen LogP contribution in [0.15, 0.2) is 60.8 Å². The smallest absolute Gasteiger partial charge is 0.233 e. The lowest BCUT2D eigenvalue weighted by Crippen LogP contribution is -2.48. The predicted octanol–water partition coefficient (Wildman–Crippen LogP) is 4.74. The van der Waals surface area contributed by atoms with Gasteiger partial charge in [-0.25, -0.2) is 4.39 Å². The number of nitrogens with zero attached hydrogens (tertiary/aromatic N) is 3. The van der Waals surface area contributed by atoms with Crippen molar-refractivity contribution in [2.75, 3.05) is 26.2 Å². The maximum absolute atomic E-state index is 14.2. The molecule has 1 unspecified atom stereocenters. The van der Waals surface area contributed by atoms with Crippen LogP contribution in [0.3, 0.4) is 0 Å². The van der Waals surface area contributed by atoms with E-state index < -0.39 is 5.41 Å². The van der Waals surface area contributed by atoms with Crippen LogP contribution in [0.25, 0.3) is 10.9 Å². The van der Waals surface area contributed by atoms with Crippen LogP contribution < -0.4 is 0 Å². The van der Waals surface area contributed by atoms with Gasteiger partial charge in [-0.2, -0.15) is 0 Å². The molecule has 2 aliphatic rings. The number of benzene rings is 2. The van der Waals surface area contributed by atoms with E-state index in [9.17, 15) is 14.0 Å². The minimum atomic E-state index is -0.604. The second-order valence-electron chi connectivity index (χ2n) is 10.1. The Labute approximate surface area is 205 Å². The molecule has 35 heavy (non-hydrogen) atoms. The SMILES string of the molecule is CC(=O)N1CCN(C(=O)C2(c3ccc(F)cc3)CCCC2)CC(Cc2cccc3ncccc23)C1. The van der Waals surface area contributed by atoms with E-state index in [0.717, 1.165) is 48.6 Å². The molecule has 5 rings (SSSR count). The van der Waals surface area contributed by atoms with Gasteiger partial charge < -0.3 is 9.80 Å². The first kappa shape index (κ1) is 23.5. The van der Waals surface area contributed by atoms with Gasteiger partial charge in [-0.1, -0.05) is 43.2 Å². The molecule has 5 nitrogen and oxygen atoms in total. The number of carbonyl (C=O) groups is 2. The Morgan fingerprint density at radius 1 is 0.971 bits per heavy atom. The zero-order valence-corrected chi connectivity index (χ0v) is 20.3. The van der Waals surface area contributed by atoms with Crippen molar-refractivity contribution in [1.82, 2.24) is 14.8 Å². The number of carbonyl (C=O) groups excluding carboxylic acids is 2. The number of hydrogen-bond acceptors (Lipinski definition) is 3. The van der Waals surface area contributed by atoms with Crippen LogP contribution in [-0.4, -0.2) is 52.8 Å². The van der Waals surface area contributed by atoms with Crippen molar-refractivity contribution >= 4 is 22.7 Å². The highest BCUT2D eigenvalue weighted by molar-refractivity contribution is 5.89. The first-order valence-corrected chi connectivity index (χ1v) is 12.6. The second-order valence-corrected chi connectivity index (χ2v) is 10.1. The molecule has 1 aliphatic heterocycles. The van der Waals surface area contributed by atoms with Crippen molar-refractivity contribution < 1.29 is 14.0 Å². The molecule has 3 aromatic rings. The van der Waals surface area contributed by atoms with Gasteiger partial charge in [0.05, 0.1) is 10.9 Å². The van der Waals surface area contributed by atoms with Crippen LogP contribution in [0.5, 0.6) is 0 Å². The van der Waals surface area contributed by atoms with E-state index in [-0.39, 0.29) is 23.5 Å². The van der Waals surface area contributed by atoms with Crippen LogP contribution in [0.4, 0.5) is 4.39 Å². The minimum absolute atomic E-state index is 0.0398. The van der Waals surface area contributed by atoms with Gasteiger partial charge >= 0.3 is 0 Å². The van der Waals surface area contributed by atoms with Gasteiger partial charge in [0.15, 0.2) is 0 Å². The molecule has 1 atom stereocenters. The molecule has 2 fully saturated rings.